The van der Waals surface area contributed by atoms with Crippen LogP contribution in [0.4, 0.5) is 0 Å². The van der Waals surface area contributed by atoms with E-state index in [1.807, 2.05) is 13.8 Å². The zero-order valence-electron chi connectivity index (χ0n) is 22.2. The van der Waals surface area contributed by atoms with Crippen LogP contribution >= 0.6 is 0 Å². The molecule has 0 amide bonds. The Hall–Kier alpha value is -0.940. The molecule has 34 heavy (non-hydrogen) atoms. The second kappa shape index (κ2) is 11.9. The zero-order chi connectivity index (χ0) is 24.9. The lowest BCUT2D eigenvalue weighted by molar-refractivity contribution is -0.0346. The fraction of sp³-hybridized carbons (Fsp3) is 0.800. The maximum absolute atomic E-state index is 10.7. The molecule has 3 aliphatic carbocycles. The van der Waals surface area contributed by atoms with Crippen molar-refractivity contribution >= 4 is 0 Å². The van der Waals surface area contributed by atoms with Gasteiger partial charge in [-0.05, 0) is 106 Å². The fourth-order valence-corrected chi connectivity index (χ4v) is 7.17. The van der Waals surface area contributed by atoms with Crippen molar-refractivity contribution < 1.29 is 20.1 Å². The summed E-state index contributed by atoms with van der Waals surface area (Å²) in [5.74, 6) is 2.13. The van der Waals surface area contributed by atoms with E-state index in [-0.39, 0.29) is 12.7 Å². The van der Waals surface area contributed by atoms with Gasteiger partial charge in [0.15, 0.2) is 0 Å². The first kappa shape index (κ1) is 27.6. The minimum Gasteiger partial charge on any atom is -0.396 e. The minimum atomic E-state index is -0.658. The van der Waals surface area contributed by atoms with Crippen molar-refractivity contribution in [1.29, 1.82) is 0 Å². The monoisotopic (exact) mass is 474 g/mol. The normalized spacial score (nSPS) is 35.7. The summed E-state index contributed by atoms with van der Waals surface area (Å²) >= 11 is 0. The quantitative estimate of drug-likeness (QED) is 0.334. The number of aliphatic hydroxyl groups excluding tert-OH is 2. The van der Waals surface area contributed by atoms with Crippen molar-refractivity contribution in [3.63, 3.8) is 0 Å². The molecular formula is C30H50O4. The molecule has 1 unspecified atom stereocenters. The molecule has 0 aliphatic heterocycles. The van der Waals surface area contributed by atoms with Crippen LogP contribution in [-0.4, -0.2) is 46.3 Å². The Morgan fingerprint density at radius 3 is 2.65 bits per heavy atom. The van der Waals surface area contributed by atoms with Gasteiger partial charge in [0.25, 0.3) is 0 Å². The van der Waals surface area contributed by atoms with E-state index in [1.54, 1.807) is 5.57 Å². The first-order valence-corrected chi connectivity index (χ1v) is 13.8. The van der Waals surface area contributed by atoms with Gasteiger partial charge in [0.05, 0.1) is 11.7 Å². The molecule has 0 aromatic carbocycles. The van der Waals surface area contributed by atoms with Crippen molar-refractivity contribution in [3.05, 3.63) is 35.5 Å². The molecule has 3 fully saturated rings. The van der Waals surface area contributed by atoms with E-state index in [0.717, 1.165) is 42.7 Å². The predicted molar refractivity (Wildman–Crippen MR) is 139 cm³/mol. The van der Waals surface area contributed by atoms with E-state index >= 15 is 0 Å². The molecule has 3 saturated carbocycles. The van der Waals surface area contributed by atoms with E-state index in [4.69, 9.17) is 9.84 Å². The van der Waals surface area contributed by atoms with Crippen LogP contribution in [0.3, 0.4) is 0 Å². The van der Waals surface area contributed by atoms with Crippen LogP contribution < -0.4 is 0 Å². The summed E-state index contributed by atoms with van der Waals surface area (Å²) in [7, 11) is 0. The van der Waals surface area contributed by atoms with Gasteiger partial charge in [-0.2, -0.15) is 0 Å². The molecule has 6 atom stereocenters. The van der Waals surface area contributed by atoms with Gasteiger partial charge in [-0.25, -0.2) is 0 Å². The summed E-state index contributed by atoms with van der Waals surface area (Å²) in [4.78, 5) is 0. The van der Waals surface area contributed by atoms with Crippen molar-refractivity contribution in [2.24, 2.45) is 23.2 Å². The molecule has 0 aromatic heterocycles. The van der Waals surface area contributed by atoms with E-state index in [0.29, 0.717) is 30.3 Å². The third-order valence-corrected chi connectivity index (χ3v) is 9.13. The van der Waals surface area contributed by atoms with Crippen molar-refractivity contribution in [2.45, 2.75) is 116 Å². The molecular weight excluding hydrogens is 424 g/mol. The average Bonchev–Trinajstić information content (AvgIpc) is 3.13. The number of allylic oxidation sites excluding steroid dienone is 3. The molecule has 0 heterocycles. The Morgan fingerprint density at radius 2 is 1.94 bits per heavy atom. The van der Waals surface area contributed by atoms with Gasteiger partial charge in [-0.3, -0.25) is 0 Å². The third-order valence-electron chi connectivity index (χ3n) is 9.13. The molecule has 0 bridgehead atoms. The highest BCUT2D eigenvalue weighted by Crippen LogP contribution is 2.60. The predicted octanol–water partition coefficient (Wildman–Crippen LogP) is 6.11. The molecule has 3 rings (SSSR count). The van der Waals surface area contributed by atoms with E-state index in [1.165, 1.54) is 38.5 Å². The standard InChI is InChI=1S/C30H50O4/c1-21(9-6-17-29(3,4)33)25-14-15-26-24(10-7-18-30(25,26)5)12-11-23-13-16-27(28(32)22(23)2)34-20-8-19-31/h11-12,21,25-28,31-33H,2,6-10,13-20H2,1,3-5H3/b23-11-,24-12+/t21-,25-,26?,27-,28-,30-/m1/s1. The number of aliphatic hydroxyl groups is 3. The highest BCUT2D eigenvalue weighted by atomic mass is 16.5. The summed E-state index contributed by atoms with van der Waals surface area (Å²) in [5, 5.41) is 29.7. The maximum atomic E-state index is 10.7. The van der Waals surface area contributed by atoms with Gasteiger partial charge >= 0.3 is 0 Å². The van der Waals surface area contributed by atoms with E-state index < -0.39 is 11.7 Å². The lowest BCUT2D eigenvalue weighted by Gasteiger charge is -2.44. The van der Waals surface area contributed by atoms with Crippen molar-refractivity contribution in [2.75, 3.05) is 13.2 Å². The third kappa shape index (κ3) is 6.63. The Labute approximate surface area is 208 Å². The van der Waals surface area contributed by atoms with Gasteiger partial charge in [0.2, 0.25) is 0 Å². The van der Waals surface area contributed by atoms with Crippen LogP contribution in [0.25, 0.3) is 0 Å². The van der Waals surface area contributed by atoms with Crippen LogP contribution in [0.1, 0.15) is 98.3 Å². The minimum absolute atomic E-state index is 0.114. The Morgan fingerprint density at radius 1 is 1.18 bits per heavy atom. The first-order valence-electron chi connectivity index (χ1n) is 13.8. The number of fused-ring (bicyclic) bond motifs is 1. The second-order valence-corrected chi connectivity index (χ2v) is 12.2. The summed E-state index contributed by atoms with van der Waals surface area (Å²) in [5.41, 5.74) is 3.37. The maximum Gasteiger partial charge on any atom is 0.105 e. The van der Waals surface area contributed by atoms with Crippen LogP contribution in [0.15, 0.2) is 35.5 Å². The van der Waals surface area contributed by atoms with Crippen LogP contribution in [0.5, 0.6) is 0 Å². The number of rotatable bonds is 10. The molecule has 194 valence electrons. The molecule has 0 radical (unpaired) electrons. The van der Waals surface area contributed by atoms with Gasteiger partial charge in [-0.1, -0.05) is 51.0 Å². The highest BCUT2D eigenvalue weighted by molar-refractivity contribution is 5.39. The highest BCUT2D eigenvalue weighted by Gasteiger charge is 2.50. The molecule has 4 nitrogen and oxygen atoms in total. The average molecular weight is 475 g/mol. The Balaban J connectivity index is 1.63. The first-order chi connectivity index (χ1) is 16.1. The second-order valence-electron chi connectivity index (χ2n) is 12.2. The lowest BCUT2D eigenvalue weighted by Crippen LogP contribution is -2.36. The van der Waals surface area contributed by atoms with Crippen molar-refractivity contribution in [3.8, 4) is 0 Å². The molecule has 4 heteroatoms. The summed E-state index contributed by atoms with van der Waals surface area (Å²) in [6.07, 6.45) is 15.6. The van der Waals surface area contributed by atoms with E-state index in [9.17, 15) is 10.2 Å². The zero-order valence-corrected chi connectivity index (χ0v) is 22.2. The van der Waals surface area contributed by atoms with Crippen LogP contribution in [0.2, 0.25) is 0 Å². The summed E-state index contributed by atoms with van der Waals surface area (Å²) in [6.45, 7) is 13.6. The number of hydrogen-bond acceptors (Lipinski definition) is 4. The van der Waals surface area contributed by atoms with Crippen molar-refractivity contribution in [1.82, 2.24) is 0 Å². The van der Waals surface area contributed by atoms with Crippen LogP contribution in [0, 0.1) is 23.2 Å². The van der Waals surface area contributed by atoms with Gasteiger partial charge in [-0.15, -0.1) is 0 Å². The number of ether oxygens (including phenoxy) is 1. The number of hydrogen-bond donors (Lipinski definition) is 3. The fourth-order valence-electron chi connectivity index (χ4n) is 7.17. The molecule has 3 aliphatic rings. The molecule has 0 saturated heterocycles. The van der Waals surface area contributed by atoms with Gasteiger partial charge in [0, 0.05) is 13.2 Å². The largest absolute Gasteiger partial charge is 0.396 e. The topological polar surface area (TPSA) is 69.9 Å². The van der Waals surface area contributed by atoms with Gasteiger partial charge in [0.1, 0.15) is 6.10 Å². The van der Waals surface area contributed by atoms with Crippen LogP contribution in [-0.2, 0) is 4.74 Å². The Kier molecular flexibility index (Phi) is 9.65. The summed E-state index contributed by atoms with van der Waals surface area (Å²) < 4.78 is 5.77. The van der Waals surface area contributed by atoms with E-state index in [2.05, 4.69) is 32.6 Å². The Bertz CT molecular complexity index is 745. The smallest absolute Gasteiger partial charge is 0.105 e. The SMILES string of the molecule is C=C1/C(=C\C=C2/CCC[C@@]3(C)C2CC[C@@H]3[C@H](C)CCCC(C)(C)O)CC[C@@H](OCCCO)[C@@H]1O. The lowest BCUT2D eigenvalue weighted by atomic mass is 9.60. The molecule has 0 spiro atoms. The molecule has 3 N–H and O–H groups in total. The summed E-state index contributed by atoms with van der Waals surface area (Å²) in [6, 6.07) is 0. The molecule has 0 aromatic rings. The van der Waals surface area contributed by atoms with Gasteiger partial charge < -0.3 is 20.1 Å².